The van der Waals surface area contributed by atoms with Crippen molar-refractivity contribution in [3.63, 3.8) is 0 Å². The van der Waals surface area contributed by atoms with Gasteiger partial charge in [0.25, 0.3) is 0 Å². The van der Waals surface area contributed by atoms with Crippen molar-refractivity contribution in [1.82, 2.24) is 10.2 Å². The van der Waals surface area contributed by atoms with E-state index >= 15 is 0 Å². The number of β-amino-alcohol motifs (C(OH)–C–C–N with tert-alkyl or cyclic N) is 1. The molecule has 1 aliphatic rings. The number of thiophene rings is 1. The number of hydrogen-bond acceptors (Lipinski definition) is 5. The van der Waals surface area contributed by atoms with Gasteiger partial charge in [0.1, 0.15) is 0 Å². The average molecular weight is 333 g/mol. The van der Waals surface area contributed by atoms with Crippen LogP contribution in [-0.2, 0) is 9.53 Å². The topological polar surface area (TPSA) is 61.8 Å². The number of carbonyl (C=O) groups excluding carboxylic acids is 1. The van der Waals surface area contributed by atoms with Crippen LogP contribution in [-0.4, -0.2) is 61.4 Å². The number of nitrogens with one attached hydrogen (secondary N) is 1. The molecular formula is C14H21ClN2O3S. The van der Waals surface area contributed by atoms with Crippen LogP contribution in [0.2, 0.25) is 4.34 Å². The van der Waals surface area contributed by atoms with E-state index in [0.29, 0.717) is 24.1 Å². The molecule has 5 nitrogen and oxygen atoms in total. The van der Waals surface area contributed by atoms with Gasteiger partial charge in [-0.2, -0.15) is 0 Å². The smallest absolute Gasteiger partial charge is 0.228 e. The summed E-state index contributed by atoms with van der Waals surface area (Å²) in [5, 5.41) is 12.8. The Bertz CT molecular complexity index is 463. The first-order valence-corrected chi connectivity index (χ1v) is 8.27. The molecule has 1 fully saturated rings. The van der Waals surface area contributed by atoms with E-state index in [1.807, 2.05) is 13.0 Å². The van der Waals surface area contributed by atoms with Gasteiger partial charge >= 0.3 is 0 Å². The molecule has 0 saturated carbocycles. The van der Waals surface area contributed by atoms with E-state index in [1.54, 1.807) is 6.07 Å². The van der Waals surface area contributed by atoms with Gasteiger partial charge in [-0.25, -0.2) is 0 Å². The second-order valence-corrected chi connectivity index (χ2v) is 6.92. The zero-order valence-corrected chi connectivity index (χ0v) is 13.6. The fourth-order valence-corrected chi connectivity index (χ4v) is 3.32. The predicted octanol–water partition coefficient (Wildman–Crippen LogP) is 1.31. The zero-order valence-electron chi connectivity index (χ0n) is 12.0. The minimum atomic E-state index is -0.564. The van der Waals surface area contributed by atoms with Gasteiger partial charge in [-0.1, -0.05) is 11.6 Å². The number of rotatable bonds is 6. The second-order valence-electron chi connectivity index (χ2n) is 5.18. The van der Waals surface area contributed by atoms with Crippen molar-refractivity contribution in [1.29, 1.82) is 0 Å². The van der Waals surface area contributed by atoms with Gasteiger partial charge in [-0.3, -0.25) is 9.69 Å². The Kier molecular flexibility index (Phi) is 6.44. The fraction of sp³-hybridized carbons (Fsp3) is 0.643. The summed E-state index contributed by atoms with van der Waals surface area (Å²) in [5.41, 5.74) is 0. The predicted molar refractivity (Wildman–Crippen MR) is 84.0 cm³/mol. The second kappa shape index (κ2) is 8.10. The number of ether oxygens (including phenoxy) is 1. The number of amides is 1. The first-order chi connectivity index (χ1) is 10.1. The number of halogens is 1. The summed E-state index contributed by atoms with van der Waals surface area (Å²) < 4.78 is 5.94. The van der Waals surface area contributed by atoms with E-state index in [1.165, 1.54) is 11.3 Å². The Hall–Kier alpha value is -0.660. The molecule has 2 N–H and O–H groups in total. The molecule has 1 aromatic heterocycles. The van der Waals surface area contributed by atoms with Crippen LogP contribution in [0.5, 0.6) is 0 Å². The van der Waals surface area contributed by atoms with Crippen molar-refractivity contribution >= 4 is 28.8 Å². The number of hydrogen-bond donors (Lipinski definition) is 2. The number of nitrogens with zero attached hydrogens (tertiary/aromatic N) is 1. The SMILES string of the molecule is C[C@@H](C(=O)NC[C@@H](O)CN1CCOCC1)c1ccc(Cl)s1. The van der Waals surface area contributed by atoms with Gasteiger partial charge in [-0.05, 0) is 19.1 Å². The molecule has 1 saturated heterocycles. The van der Waals surface area contributed by atoms with Crippen LogP contribution in [0.3, 0.4) is 0 Å². The number of morpholine rings is 1. The molecule has 0 bridgehead atoms. The lowest BCUT2D eigenvalue weighted by Gasteiger charge is -2.28. The van der Waals surface area contributed by atoms with E-state index in [9.17, 15) is 9.90 Å². The standard InChI is InChI=1S/C14H21ClN2O3S/c1-10(12-2-3-13(15)21-12)14(19)16-8-11(18)9-17-4-6-20-7-5-17/h2-3,10-11,18H,4-9H2,1H3,(H,16,19)/t10-,11-/m1/s1. The summed E-state index contributed by atoms with van der Waals surface area (Å²) in [7, 11) is 0. The Morgan fingerprint density at radius 1 is 1.52 bits per heavy atom. The molecule has 2 atom stereocenters. The van der Waals surface area contributed by atoms with E-state index in [4.69, 9.17) is 16.3 Å². The molecule has 2 heterocycles. The molecule has 0 aromatic carbocycles. The highest BCUT2D eigenvalue weighted by atomic mass is 35.5. The van der Waals surface area contributed by atoms with Crippen molar-refractivity contribution in [2.45, 2.75) is 18.9 Å². The Morgan fingerprint density at radius 2 is 2.24 bits per heavy atom. The lowest BCUT2D eigenvalue weighted by molar-refractivity contribution is -0.122. The number of carbonyl (C=O) groups is 1. The molecule has 0 unspecified atom stereocenters. The third-order valence-corrected chi connectivity index (χ3v) is 4.91. The van der Waals surface area contributed by atoms with Crippen molar-refractivity contribution in [3.05, 3.63) is 21.3 Å². The summed E-state index contributed by atoms with van der Waals surface area (Å²) in [5.74, 6) is -0.340. The lowest BCUT2D eigenvalue weighted by Crippen LogP contribution is -2.45. The molecule has 1 aromatic rings. The molecule has 118 valence electrons. The highest BCUT2D eigenvalue weighted by Crippen LogP contribution is 2.27. The van der Waals surface area contributed by atoms with E-state index in [0.717, 1.165) is 18.0 Å². The van der Waals surface area contributed by atoms with Crippen molar-refractivity contribution in [2.24, 2.45) is 0 Å². The minimum absolute atomic E-state index is 0.0884. The quantitative estimate of drug-likeness (QED) is 0.824. The van der Waals surface area contributed by atoms with E-state index < -0.39 is 6.10 Å². The van der Waals surface area contributed by atoms with Gasteiger partial charge in [0, 0.05) is 31.1 Å². The Morgan fingerprint density at radius 3 is 2.86 bits per heavy atom. The van der Waals surface area contributed by atoms with Gasteiger partial charge < -0.3 is 15.2 Å². The van der Waals surface area contributed by atoms with Crippen LogP contribution in [0.1, 0.15) is 17.7 Å². The third kappa shape index (κ3) is 5.23. The molecule has 1 amide bonds. The van der Waals surface area contributed by atoms with Gasteiger partial charge in [0.05, 0.1) is 29.6 Å². The average Bonchev–Trinajstić information content (AvgIpc) is 2.91. The highest BCUT2D eigenvalue weighted by molar-refractivity contribution is 7.16. The summed E-state index contributed by atoms with van der Waals surface area (Å²) in [4.78, 5) is 15.1. The summed E-state index contributed by atoms with van der Waals surface area (Å²) in [6, 6.07) is 3.65. The molecule has 0 radical (unpaired) electrons. The maximum atomic E-state index is 12.1. The Balaban J connectivity index is 1.72. The fourth-order valence-electron chi connectivity index (χ4n) is 2.21. The first-order valence-electron chi connectivity index (χ1n) is 7.07. The summed E-state index contributed by atoms with van der Waals surface area (Å²) in [6.45, 7) is 5.73. The molecule has 2 rings (SSSR count). The molecule has 0 spiro atoms. The molecule has 7 heteroatoms. The monoisotopic (exact) mass is 332 g/mol. The molecule has 1 aliphatic heterocycles. The van der Waals surface area contributed by atoms with Crippen molar-refractivity contribution < 1.29 is 14.6 Å². The van der Waals surface area contributed by atoms with Gasteiger partial charge in [0.2, 0.25) is 5.91 Å². The third-order valence-electron chi connectivity index (χ3n) is 3.50. The first kappa shape index (κ1) is 16.7. The van der Waals surface area contributed by atoms with Gasteiger partial charge in [-0.15, -0.1) is 11.3 Å². The van der Waals surface area contributed by atoms with Crippen LogP contribution in [0.4, 0.5) is 0 Å². The summed E-state index contributed by atoms with van der Waals surface area (Å²) >= 11 is 7.28. The van der Waals surface area contributed by atoms with Crippen LogP contribution in [0.25, 0.3) is 0 Å². The van der Waals surface area contributed by atoms with Crippen LogP contribution in [0, 0.1) is 0 Å². The molecule has 21 heavy (non-hydrogen) atoms. The molecular weight excluding hydrogens is 312 g/mol. The zero-order chi connectivity index (χ0) is 15.2. The minimum Gasteiger partial charge on any atom is -0.390 e. The van der Waals surface area contributed by atoms with Crippen LogP contribution < -0.4 is 5.32 Å². The van der Waals surface area contributed by atoms with Crippen LogP contribution in [0.15, 0.2) is 12.1 Å². The van der Waals surface area contributed by atoms with Crippen molar-refractivity contribution in [2.75, 3.05) is 39.4 Å². The van der Waals surface area contributed by atoms with Gasteiger partial charge in [0.15, 0.2) is 0 Å². The van der Waals surface area contributed by atoms with E-state index in [2.05, 4.69) is 10.2 Å². The highest BCUT2D eigenvalue weighted by Gasteiger charge is 2.19. The van der Waals surface area contributed by atoms with Crippen molar-refractivity contribution in [3.8, 4) is 0 Å². The maximum absolute atomic E-state index is 12.1. The lowest BCUT2D eigenvalue weighted by atomic mass is 10.1. The maximum Gasteiger partial charge on any atom is 0.228 e. The Labute approximate surface area is 133 Å². The normalized spacial score (nSPS) is 19.2. The number of aliphatic hydroxyl groups is 1. The largest absolute Gasteiger partial charge is 0.390 e. The summed E-state index contributed by atoms with van der Waals surface area (Å²) in [6.07, 6.45) is -0.564. The molecule has 0 aliphatic carbocycles. The number of aliphatic hydroxyl groups excluding tert-OH is 1. The van der Waals surface area contributed by atoms with E-state index in [-0.39, 0.29) is 18.4 Å². The van der Waals surface area contributed by atoms with Crippen LogP contribution >= 0.6 is 22.9 Å².